The summed E-state index contributed by atoms with van der Waals surface area (Å²) in [6.45, 7) is 4.07. The standard InChI is InChI=1S/C19H20FN5OS/c1-11(2)18-22-23-19(27-18)21-17(26)16-14-5-3-4-6-15(14)25(24-16)13-9-7-12(20)8-10-13/h7-11H,3-6H2,1-2H3,(H,21,23,26). The first-order chi connectivity index (χ1) is 13.0. The average molecular weight is 385 g/mol. The smallest absolute Gasteiger partial charge is 0.278 e. The third kappa shape index (κ3) is 3.49. The molecule has 1 aliphatic carbocycles. The van der Waals surface area contributed by atoms with E-state index in [1.54, 1.807) is 16.8 Å². The number of anilines is 1. The number of carbonyl (C=O) groups excluding carboxylic acids is 1. The van der Waals surface area contributed by atoms with Gasteiger partial charge in [-0.3, -0.25) is 10.1 Å². The third-order valence-corrected chi connectivity index (χ3v) is 5.76. The van der Waals surface area contributed by atoms with Gasteiger partial charge in [-0.1, -0.05) is 25.2 Å². The van der Waals surface area contributed by atoms with Gasteiger partial charge >= 0.3 is 0 Å². The first-order valence-electron chi connectivity index (χ1n) is 9.04. The summed E-state index contributed by atoms with van der Waals surface area (Å²) < 4.78 is 15.0. The highest BCUT2D eigenvalue weighted by Crippen LogP contribution is 2.28. The second kappa shape index (κ2) is 7.19. The van der Waals surface area contributed by atoms with E-state index in [0.717, 1.165) is 47.6 Å². The zero-order valence-corrected chi connectivity index (χ0v) is 16.0. The molecule has 0 bridgehead atoms. The lowest BCUT2D eigenvalue weighted by Crippen LogP contribution is -2.15. The Morgan fingerprint density at radius 2 is 1.93 bits per heavy atom. The molecule has 0 unspecified atom stereocenters. The Morgan fingerprint density at radius 1 is 1.19 bits per heavy atom. The lowest BCUT2D eigenvalue weighted by Gasteiger charge is -2.14. The van der Waals surface area contributed by atoms with E-state index in [-0.39, 0.29) is 17.6 Å². The van der Waals surface area contributed by atoms with Crippen molar-refractivity contribution in [2.24, 2.45) is 0 Å². The lowest BCUT2D eigenvalue weighted by atomic mass is 9.95. The molecule has 1 amide bonds. The number of hydrogen-bond acceptors (Lipinski definition) is 5. The molecule has 3 aromatic rings. The molecule has 2 heterocycles. The fourth-order valence-corrected chi connectivity index (χ4v) is 3.99. The fraction of sp³-hybridized carbons (Fsp3) is 0.368. The van der Waals surface area contributed by atoms with Crippen molar-refractivity contribution in [1.29, 1.82) is 0 Å². The van der Waals surface area contributed by atoms with Crippen molar-refractivity contribution in [3.8, 4) is 5.69 Å². The molecular formula is C19H20FN5OS. The maximum atomic E-state index is 13.3. The van der Waals surface area contributed by atoms with E-state index in [0.29, 0.717) is 10.8 Å². The number of carbonyl (C=O) groups is 1. The molecule has 0 radical (unpaired) electrons. The molecule has 8 heteroatoms. The second-order valence-electron chi connectivity index (χ2n) is 6.92. The maximum Gasteiger partial charge on any atom is 0.278 e. The first kappa shape index (κ1) is 17.8. The van der Waals surface area contributed by atoms with Gasteiger partial charge in [0.25, 0.3) is 5.91 Å². The third-order valence-electron chi connectivity index (χ3n) is 4.62. The van der Waals surface area contributed by atoms with Crippen LogP contribution in [-0.2, 0) is 12.8 Å². The van der Waals surface area contributed by atoms with Gasteiger partial charge in [-0.05, 0) is 49.9 Å². The van der Waals surface area contributed by atoms with Gasteiger partial charge in [0.15, 0.2) is 5.69 Å². The summed E-state index contributed by atoms with van der Waals surface area (Å²) in [6.07, 6.45) is 3.74. The molecule has 6 nitrogen and oxygen atoms in total. The molecule has 1 aromatic carbocycles. The molecule has 1 N–H and O–H groups in total. The highest BCUT2D eigenvalue weighted by atomic mass is 32.1. The van der Waals surface area contributed by atoms with E-state index >= 15 is 0 Å². The number of nitrogens with one attached hydrogen (secondary N) is 1. The van der Waals surface area contributed by atoms with Crippen LogP contribution in [0.25, 0.3) is 5.69 Å². The van der Waals surface area contributed by atoms with Crippen molar-refractivity contribution >= 4 is 22.4 Å². The summed E-state index contributed by atoms with van der Waals surface area (Å²) in [4.78, 5) is 12.9. The van der Waals surface area contributed by atoms with Crippen LogP contribution < -0.4 is 5.32 Å². The zero-order valence-electron chi connectivity index (χ0n) is 15.2. The van der Waals surface area contributed by atoms with E-state index in [2.05, 4.69) is 20.6 Å². The molecule has 27 heavy (non-hydrogen) atoms. The minimum atomic E-state index is -0.296. The molecule has 0 spiro atoms. The lowest BCUT2D eigenvalue weighted by molar-refractivity contribution is 0.102. The zero-order chi connectivity index (χ0) is 19.0. The number of hydrogen-bond donors (Lipinski definition) is 1. The van der Waals surface area contributed by atoms with Crippen molar-refractivity contribution in [3.63, 3.8) is 0 Å². The topological polar surface area (TPSA) is 72.7 Å². The number of nitrogens with zero attached hydrogens (tertiary/aromatic N) is 4. The van der Waals surface area contributed by atoms with Crippen molar-refractivity contribution in [1.82, 2.24) is 20.0 Å². The van der Waals surface area contributed by atoms with Gasteiger partial charge in [0.1, 0.15) is 10.8 Å². The molecule has 0 atom stereocenters. The first-order valence-corrected chi connectivity index (χ1v) is 9.86. The molecule has 2 aromatic heterocycles. The van der Waals surface area contributed by atoms with Crippen LogP contribution in [0.1, 0.15) is 59.4 Å². The molecule has 0 aliphatic heterocycles. The Balaban J connectivity index is 1.67. The monoisotopic (exact) mass is 385 g/mol. The Hall–Kier alpha value is -2.61. The van der Waals surface area contributed by atoms with Crippen LogP contribution in [0.3, 0.4) is 0 Å². The molecular weight excluding hydrogens is 365 g/mol. The Kier molecular flexibility index (Phi) is 4.73. The van der Waals surface area contributed by atoms with Gasteiger partial charge in [0.2, 0.25) is 5.13 Å². The van der Waals surface area contributed by atoms with Gasteiger partial charge in [0.05, 0.1) is 5.69 Å². The van der Waals surface area contributed by atoms with Crippen LogP contribution in [0.5, 0.6) is 0 Å². The Labute approximate surface area is 160 Å². The van der Waals surface area contributed by atoms with Gasteiger partial charge < -0.3 is 0 Å². The second-order valence-corrected chi connectivity index (χ2v) is 7.93. The summed E-state index contributed by atoms with van der Waals surface area (Å²) in [7, 11) is 0. The number of fused-ring (bicyclic) bond motifs is 1. The molecule has 140 valence electrons. The predicted octanol–water partition coefficient (Wildman–Crippen LogP) is 4.12. The molecule has 1 aliphatic rings. The normalized spacial score (nSPS) is 13.6. The minimum Gasteiger partial charge on any atom is -0.295 e. The van der Waals surface area contributed by atoms with Crippen LogP contribution >= 0.6 is 11.3 Å². The number of amides is 1. The summed E-state index contributed by atoms with van der Waals surface area (Å²) in [5, 5.41) is 16.9. The Bertz CT molecular complexity index is 977. The number of rotatable bonds is 4. The van der Waals surface area contributed by atoms with Gasteiger partial charge in [-0.25, -0.2) is 9.07 Å². The predicted molar refractivity (Wildman–Crippen MR) is 102 cm³/mol. The van der Waals surface area contributed by atoms with E-state index in [9.17, 15) is 9.18 Å². The van der Waals surface area contributed by atoms with E-state index in [1.165, 1.54) is 23.5 Å². The van der Waals surface area contributed by atoms with E-state index in [1.807, 2.05) is 13.8 Å². The van der Waals surface area contributed by atoms with Crippen molar-refractivity contribution in [2.75, 3.05) is 5.32 Å². The summed E-state index contributed by atoms with van der Waals surface area (Å²) in [5.74, 6) is -0.311. The van der Waals surface area contributed by atoms with E-state index in [4.69, 9.17) is 0 Å². The van der Waals surface area contributed by atoms with Crippen LogP contribution in [0, 0.1) is 5.82 Å². The van der Waals surface area contributed by atoms with E-state index < -0.39 is 0 Å². The SMILES string of the molecule is CC(C)c1nnc(NC(=O)c2nn(-c3ccc(F)cc3)c3c2CCCC3)s1. The Morgan fingerprint density at radius 3 is 2.63 bits per heavy atom. The van der Waals surface area contributed by atoms with Crippen LogP contribution in [0.4, 0.5) is 9.52 Å². The van der Waals surface area contributed by atoms with Crippen molar-refractivity contribution < 1.29 is 9.18 Å². The van der Waals surface area contributed by atoms with Crippen LogP contribution in [0.2, 0.25) is 0 Å². The van der Waals surface area contributed by atoms with Crippen LogP contribution in [0.15, 0.2) is 24.3 Å². The highest BCUT2D eigenvalue weighted by molar-refractivity contribution is 7.15. The number of benzene rings is 1. The van der Waals surface area contributed by atoms with Gasteiger partial charge in [0, 0.05) is 17.2 Å². The summed E-state index contributed by atoms with van der Waals surface area (Å²) >= 11 is 1.38. The average Bonchev–Trinajstić information content (AvgIpc) is 3.27. The minimum absolute atomic E-state index is 0.263. The van der Waals surface area contributed by atoms with Gasteiger partial charge in [-0.2, -0.15) is 5.10 Å². The maximum absolute atomic E-state index is 13.3. The summed E-state index contributed by atoms with van der Waals surface area (Å²) in [5.41, 5.74) is 3.16. The van der Waals surface area contributed by atoms with Crippen molar-refractivity contribution in [3.05, 3.63) is 52.0 Å². The summed E-state index contributed by atoms with van der Waals surface area (Å²) in [6, 6.07) is 6.17. The molecule has 0 saturated carbocycles. The van der Waals surface area contributed by atoms with Gasteiger partial charge in [-0.15, -0.1) is 10.2 Å². The molecule has 0 fully saturated rings. The molecule has 4 rings (SSSR count). The number of halogens is 1. The quantitative estimate of drug-likeness (QED) is 0.733. The van der Waals surface area contributed by atoms with Crippen LogP contribution in [-0.4, -0.2) is 25.9 Å². The largest absolute Gasteiger partial charge is 0.295 e. The fourth-order valence-electron chi connectivity index (χ4n) is 3.25. The highest BCUT2D eigenvalue weighted by Gasteiger charge is 2.26. The number of aromatic nitrogens is 4. The molecule has 0 saturated heterocycles. The van der Waals surface area contributed by atoms with Crippen molar-refractivity contribution in [2.45, 2.75) is 45.4 Å².